The number of fused-ring (bicyclic) bond motifs is 1. The first-order valence-electron chi connectivity index (χ1n) is 18.3. The van der Waals surface area contributed by atoms with Crippen molar-refractivity contribution in [1.29, 1.82) is 0 Å². The van der Waals surface area contributed by atoms with E-state index >= 15 is 0 Å². The molecule has 0 amide bonds. The van der Waals surface area contributed by atoms with Gasteiger partial charge in [-0.05, 0) is 52.2 Å². The highest BCUT2D eigenvalue weighted by Crippen LogP contribution is 2.42. The SMILES string of the molecule is COC1C(OCC2C(C)OC(=O)/C=C\C(C)C(OC3OC(C)CC4(OC(=O)OC4C)C3O)C(C)CC(C)C(=O)/C=C\C3OC32)OC(C)C(O)C1OC. The maximum Gasteiger partial charge on any atom is 0.509 e. The third-order valence-corrected chi connectivity index (χ3v) is 11.2. The molecule has 4 fully saturated rings. The second kappa shape index (κ2) is 16.9. The molecular formula is C37H56O15. The molecule has 294 valence electrons. The van der Waals surface area contributed by atoms with E-state index in [-0.39, 0.29) is 24.7 Å². The summed E-state index contributed by atoms with van der Waals surface area (Å²) in [6, 6.07) is 0. The number of aliphatic hydroxyl groups is 2. The number of esters is 1. The lowest BCUT2D eigenvalue weighted by atomic mass is 9.82. The Morgan fingerprint density at radius 2 is 1.54 bits per heavy atom. The van der Waals surface area contributed by atoms with Crippen LogP contribution in [0.15, 0.2) is 24.3 Å². The number of hydrogen-bond acceptors (Lipinski definition) is 15. The van der Waals surface area contributed by atoms with E-state index in [1.54, 1.807) is 39.8 Å². The number of allylic oxidation sites excluding steroid dienone is 1. The van der Waals surface area contributed by atoms with Crippen LogP contribution in [0, 0.1) is 23.7 Å². The van der Waals surface area contributed by atoms with Crippen molar-refractivity contribution < 1.29 is 72.0 Å². The van der Waals surface area contributed by atoms with E-state index in [0.29, 0.717) is 6.42 Å². The van der Waals surface area contributed by atoms with Gasteiger partial charge < -0.3 is 57.6 Å². The Balaban J connectivity index is 1.34. The van der Waals surface area contributed by atoms with Crippen molar-refractivity contribution in [1.82, 2.24) is 0 Å². The Morgan fingerprint density at radius 1 is 0.827 bits per heavy atom. The molecule has 5 aliphatic heterocycles. The fraction of sp³-hybridized carbons (Fsp3) is 0.811. The highest BCUT2D eigenvalue weighted by molar-refractivity contribution is 5.91. The van der Waals surface area contributed by atoms with Gasteiger partial charge in [0.1, 0.15) is 42.7 Å². The minimum Gasteiger partial charge on any atom is -0.459 e. The average molecular weight is 741 g/mol. The molecule has 1 spiro atoms. The number of ether oxygens (including phenoxy) is 10. The minimum absolute atomic E-state index is 0.0493. The normalized spacial score (nSPS) is 48.7. The molecule has 5 rings (SSSR count). The lowest BCUT2D eigenvalue weighted by Gasteiger charge is -2.46. The lowest BCUT2D eigenvalue weighted by Crippen LogP contribution is -2.62. The van der Waals surface area contributed by atoms with Gasteiger partial charge >= 0.3 is 12.1 Å². The monoisotopic (exact) mass is 740 g/mol. The van der Waals surface area contributed by atoms with Crippen molar-refractivity contribution in [3.8, 4) is 0 Å². The van der Waals surface area contributed by atoms with Crippen LogP contribution < -0.4 is 0 Å². The van der Waals surface area contributed by atoms with Gasteiger partial charge in [-0.1, -0.05) is 26.8 Å². The molecule has 18 atom stereocenters. The summed E-state index contributed by atoms with van der Waals surface area (Å²) in [6.45, 7) is 12.6. The third kappa shape index (κ3) is 8.74. The molecule has 0 aromatic carbocycles. The van der Waals surface area contributed by atoms with E-state index < -0.39 is 115 Å². The van der Waals surface area contributed by atoms with Crippen LogP contribution in [0.4, 0.5) is 4.79 Å². The van der Waals surface area contributed by atoms with Crippen LogP contribution in [0.5, 0.6) is 0 Å². The van der Waals surface area contributed by atoms with Gasteiger partial charge in [0.15, 0.2) is 24.0 Å². The summed E-state index contributed by atoms with van der Waals surface area (Å²) < 4.78 is 58.3. The summed E-state index contributed by atoms with van der Waals surface area (Å²) in [5, 5.41) is 22.0. The maximum atomic E-state index is 13.4. The Kier molecular flexibility index (Phi) is 13.2. The fourth-order valence-corrected chi connectivity index (χ4v) is 7.99. The second-order valence-corrected chi connectivity index (χ2v) is 15.0. The number of carbonyl (C=O) groups is 3. The predicted molar refractivity (Wildman–Crippen MR) is 181 cm³/mol. The number of aliphatic hydroxyl groups excluding tert-OH is 2. The van der Waals surface area contributed by atoms with Gasteiger partial charge in [-0.3, -0.25) is 4.79 Å². The molecule has 0 aromatic rings. The van der Waals surface area contributed by atoms with E-state index in [1.807, 2.05) is 20.8 Å². The van der Waals surface area contributed by atoms with Crippen LogP contribution in [0.2, 0.25) is 0 Å². The predicted octanol–water partition coefficient (Wildman–Crippen LogP) is 2.62. The molecule has 4 saturated heterocycles. The fourth-order valence-electron chi connectivity index (χ4n) is 7.99. The molecule has 0 aliphatic carbocycles. The molecule has 0 bridgehead atoms. The molecule has 2 N–H and O–H groups in total. The van der Waals surface area contributed by atoms with E-state index in [9.17, 15) is 24.6 Å². The van der Waals surface area contributed by atoms with Crippen LogP contribution >= 0.6 is 0 Å². The Morgan fingerprint density at radius 3 is 2.19 bits per heavy atom. The molecular weight excluding hydrogens is 684 g/mol. The number of carbonyl (C=O) groups excluding carboxylic acids is 3. The number of rotatable bonds is 7. The van der Waals surface area contributed by atoms with E-state index in [1.165, 1.54) is 26.4 Å². The third-order valence-electron chi connectivity index (χ3n) is 11.2. The first kappa shape index (κ1) is 40.7. The van der Waals surface area contributed by atoms with Crippen molar-refractivity contribution in [2.24, 2.45) is 23.7 Å². The first-order chi connectivity index (χ1) is 24.6. The molecule has 5 aliphatic rings. The number of methoxy groups -OCH3 is 2. The quantitative estimate of drug-likeness (QED) is 0.286. The molecule has 52 heavy (non-hydrogen) atoms. The minimum atomic E-state index is -1.36. The van der Waals surface area contributed by atoms with Crippen LogP contribution in [-0.2, 0) is 57.0 Å². The van der Waals surface area contributed by atoms with Crippen LogP contribution in [0.25, 0.3) is 0 Å². The van der Waals surface area contributed by atoms with Crippen molar-refractivity contribution in [2.45, 2.75) is 147 Å². The van der Waals surface area contributed by atoms with Crippen LogP contribution in [0.1, 0.15) is 61.3 Å². The van der Waals surface area contributed by atoms with Gasteiger partial charge in [-0.2, -0.15) is 0 Å². The largest absolute Gasteiger partial charge is 0.509 e. The summed E-state index contributed by atoms with van der Waals surface area (Å²) in [6.07, 6.45) is -3.65. The highest BCUT2D eigenvalue weighted by Gasteiger charge is 2.61. The number of hydrogen-bond donors (Lipinski definition) is 2. The van der Waals surface area contributed by atoms with E-state index in [4.69, 9.17) is 47.4 Å². The zero-order valence-corrected chi connectivity index (χ0v) is 31.4. The summed E-state index contributed by atoms with van der Waals surface area (Å²) in [5.74, 6) is -2.20. The van der Waals surface area contributed by atoms with Crippen molar-refractivity contribution >= 4 is 17.9 Å². The maximum absolute atomic E-state index is 13.4. The number of epoxide rings is 1. The van der Waals surface area contributed by atoms with Crippen molar-refractivity contribution in [3.05, 3.63) is 24.3 Å². The summed E-state index contributed by atoms with van der Waals surface area (Å²) >= 11 is 0. The second-order valence-electron chi connectivity index (χ2n) is 15.0. The lowest BCUT2D eigenvalue weighted by molar-refractivity contribution is -0.308. The van der Waals surface area contributed by atoms with Gasteiger partial charge in [-0.25, -0.2) is 9.59 Å². The Bertz CT molecular complexity index is 1320. The standard InChI is InChI=1S/C37H56O15/c1-17-10-13-27(39)47-21(5)24(16-45-34-32(44-9)31(43-8)28(40)22(6)48-34)30-26(50-30)12-11-25(38)18(2)14-19(3)29(17)51-35-33(41)37(15-20(4)46-35)23(7)49-36(42)52-37/h10-13,17-24,26,28-35,40-41H,14-16H2,1-9H3/b12-11-,13-10-. The van der Waals surface area contributed by atoms with Gasteiger partial charge in [0, 0.05) is 44.5 Å². The van der Waals surface area contributed by atoms with Crippen LogP contribution in [0.3, 0.4) is 0 Å². The van der Waals surface area contributed by atoms with E-state index in [2.05, 4.69) is 0 Å². The van der Waals surface area contributed by atoms with Crippen molar-refractivity contribution in [2.75, 3.05) is 20.8 Å². The van der Waals surface area contributed by atoms with Gasteiger partial charge in [0.2, 0.25) is 0 Å². The molecule has 0 saturated carbocycles. The van der Waals surface area contributed by atoms with Crippen LogP contribution in [-0.4, -0.2) is 134 Å². The number of ketones is 1. The molecule has 5 heterocycles. The van der Waals surface area contributed by atoms with Crippen molar-refractivity contribution in [3.63, 3.8) is 0 Å². The first-order valence-corrected chi connectivity index (χ1v) is 18.3. The van der Waals surface area contributed by atoms with Gasteiger partial charge in [0.25, 0.3) is 0 Å². The smallest absolute Gasteiger partial charge is 0.459 e. The summed E-state index contributed by atoms with van der Waals surface area (Å²) in [5.41, 5.74) is -1.35. The highest BCUT2D eigenvalue weighted by atomic mass is 16.8. The van der Waals surface area contributed by atoms with Gasteiger partial charge in [-0.15, -0.1) is 0 Å². The number of cyclic esters (lactones) is 2. The zero-order valence-electron chi connectivity index (χ0n) is 31.4. The zero-order chi connectivity index (χ0) is 38.1. The molecule has 15 nitrogen and oxygen atoms in total. The Hall–Kier alpha value is -2.47. The van der Waals surface area contributed by atoms with E-state index in [0.717, 1.165) is 0 Å². The average Bonchev–Trinajstić information content (AvgIpc) is 3.79. The Labute approximate surface area is 305 Å². The summed E-state index contributed by atoms with van der Waals surface area (Å²) in [7, 11) is 2.96. The molecule has 0 aromatic heterocycles. The van der Waals surface area contributed by atoms with Gasteiger partial charge in [0.05, 0.1) is 31.0 Å². The molecule has 18 unspecified atom stereocenters. The molecule has 0 radical (unpaired) electrons. The summed E-state index contributed by atoms with van der Waals surface area (Å²) in [4.78, 5) is 38.7. The molecule has 15 heteroatoms. The topological polar surface area (TPSA) is 187 Å².